The van der Waals surface area contributed by atoms with Crippen molar-refractivity contribution in [1.29, 1.82) is 0 Å². The molecule has 0 fully saturated rings. The maximum absolute atomic E-state index is 12.8. The van der Waals surface area contributed by atoms with Gasteiger partial charge < -0.3 is 10.1 Å². The van der Waals surface area contributed by atoms with Crippen LogP contribution < -0.4 is 14.4 Å². The molecule has 150 valence electrons. The van der Waals surface area contributed by atoms with Gasteiger partial charge in [-0.2, -0.15) is 0 Å². The third-order valence-corrected chi connectivity index (χ3v) is 6.42. The molecule has 3 aromatic rings. The number of halogens is 1. The Balaban J connectivity index is 1.90. The molecule has 1 amide bonds. The Labute approximate surface area is 174 Å². The number of methoxy groups -OCH3 is 1. The summed E-state index contributed by atoms with van der Waals surface area (Å²) >= 11 is 6.20. The number of amides is 1. The molecule has 0 unspecified atom stereocenters. The molecule has 0 aliphatic rings. The molecule has 0 atom stereocenters. The molecule has 8 heteroatoms. The molecule has 3 aromatic carbocycles. The van der Waals surface area contributed by atoms with Crippen LogP contribution in [-0.2, 0) is 10.0 Å². The van der Waals surface area contributed by atoms with Gasteiger partial charge in [-0.25, -0.2) is 8.42 Å². The maximum atomic E-state index is 12.8. The van der Waals surface area contributed by atoms with Gasteiger partial charge in [0.05, 0.1) is 28.3 Å². The van der Waals surface area contributed by atoms with Crippen LogP contribution in [0.5, 0.6) is 5.75 Å². The highest BCUT2D eigenvalue weighted by Crippen LogP contribution is 2.27. The lowest BCUT2D eigenvalue weighted by Crippen LogP contribution is -2.27. The first-order chi connectivity index (χ1) is 13.8. The maximum Gasteiger partial charge on any atom is 0.264 e. The first-order valence-electron chi connectivity index (χ1n) is 8.62. The van der Waals surface area contributed by atoms with E-state index in [1.54, 1.807) is 48.5 Å². The van der Waals surface area contributed by atoms with Gasteiger partial charge in [-0.15, -0.1) is 0 Å². The minimum Gasteiger partial charge on any atom is -0.497 e. The zero-order valence-corrected chi connectivity index (χ0v) is 17.4. The van der Waals surface area contributed by atoms with E-state index in [4.69, 9.17) is 16.3 Å². The average Bonchev–Trinajstić information content (AvgIpc) is 2.74. The highest BCUT2D eigenvalue weighted by molar-refractivity contribution is 7.92. The van der Waals surface area contributed by atoms with Crippen molar-refractivity contribution in [3.8, 4) is 5.75 Å². The van der Waals surface area contributed by atoms with Crippen LogP contribution in [-0.4, -0.2) is 28.5 Å². The van der Waals surface area contributed by atoms with Gasteiger partial charge in [0.15, 0.2) is 0 Å². The summed E-state index contributed by atoms with van der Waals surface area (Å²) in [6.45, 7) is 0. The van der Waals surface area contributed by atoms with E-state index in [-0.39, 0.29) is 15.5 Å². The third-order valence-electron chi connectivity index (χ3n) is 4.29. The van der Waals surface area contributed by atoms with Crippen LogP contribution in [0.15, 0.2) is 77.7 Å². The summed E-state index contributed by atoms with van der Waals surface area (Å²) in [7, 11) is -0.815. The average molecular weight is 431 g/mol. The van der Waals surface area contributed by atoms with Crippen molar-refractivity contribution in [3.63, 3.8) is 0 Å². The molecule has 0 aliphatic carbocycles. The number of carbonyl (C=O) groups excluding carboxylic acids is 1. The van der Waals surface area contributed by atoms with E-state index in [1.165, 1.54) is 38.4 Å². The molecule has 6 nitrogen and oxygen atoms in total. The van der Waals surface area contributed by atoms with E-state index in [1.807, 2.05) is 0 Å². The van der Waals surface area contributed by atoms with E-state index >= 15 is 0 Å². The Morgan fingerprint density at radius 1 is 1.00 bits per heavy atom. The van der Waals surface area contributed by atoms with Crippen LogP contribution in [0.3, 0.4) is 0 Å². The fourth-order valence-corrected chi connectivity index (χ4v) is 4.08. The highest BCUT2D eigenvalue weighted by Gasteiger charge is 2.22. The number of rotatable bonds is 6. The quantitative estimate of drug-likeness (QED) is 0.627. The Morgan fingerprint density at radius 2 is 1.72 bits per heavy atom. The Morgan fingerprint density at radius 3 is 2.41 bits per heavy atom. The van der Waals surface area contributed by atoms with Crippen molar-refractivity contribution in [3.05, 3.63) is 83.4 Å². The number of hydrogen-bond donors (Lipinski definition) is 1. The number of nitrogens with one attached hydrogen (secondary N) is 1. The monoisotopic (exact) mass is 430 g/mol. The third kappa shape index (κ3) is 4.52. The van der Waals surface area contributed by atoms with Gasteiger partial charge in [0.2, 0.25) is 0 Å². The van der Waals surface area contributed by atoms with Crippen molar-refractivity contribution in [1.82, 2.24) is 0 Å². The van der Waals surface area contributed by atoms with Gasteiger partial charge in [0, 0.05) is 18.8 Å². The molecule has 0 spiro atoms. The second-order valence-corrected chi connectivity index (χ2v) is 8.51. The molecule has 3 rings (SSSR count). The molecular formula is C21H19ClN2O4S. The number of carbonyl (C=O) groups is 1. The topological polar surface area (TPSA) is 75.7 Å². The van der Waals surface area contributed by atoms with Gasteiger partial charge in [0.25, 0.3) is 15.9 Å². The normalized spacial score (nSPS) is 11.0. The number of hydrogen-bond acceptors (Lipinski definition) is 4. The summed E-state index contributed by atoms with van der Waals surface area (Å²) in [5.41, 5.74) is 0.997. The summed E-state index contributed by atoms with van der Waals surface area (Å²) < 4.78 is 31.9. The van der Waals surface area contributed by atoms with E-state index in [2.05, 4.69) is 5.32 Å². The van der Waals surface area contributed by atoms with Crippen molar-refractivity contribution < 1.29 is 17.9 Å². The van der Waals surface area contributed by atoms with Gasteiger partial charge >= 0.3 is 0 Å². The van der Waals surface area contributed by atoms with Crippen LogP contribution in [0, 0.1) is 0 Å². The molecular weight excluding hydrogens is 412 g/mol. The summed E-state index contributed by atoms with van der Waals surface area (Å²) in [6, 6.07) is 19.4. The lowest BCUT2D eigenvalue weighted by Gasteiger charge is -2.20. The first kappa shape index (κ1) is 20.7. The second-order valence-electron chi connectivity index (χ2n) is 6.14. The summed E-state index contributed by atoms with van der Waals surface area (Å²) in [5, 5.41) is 2.95. The van der Waals surface area contributed by atoms with Crippen LogP contribution in [0.2, 0.25) is 5.02 Å². The molecule has 0 radical (unpaired) electrons. The van der Waals surface area contributed by atoms with Gasteiger partial charge in [-0.1, -0.05) is 35.9 Å². The highest BCUT2D eigenvalue weighted by atomic mass is 35.5. The largest absolute Gasteiger partial charge is 0.497 e. The Bertz CT molecular complexity index is 1130. The van der Waals surface area contributed by atoms with E-state index in [9.17, 15) is 13.2 Å². The Kier molecular flexibility index (Phi) is 6.10. The molecule has 0 aliphatic heterocycles. The minimum absolute atomic E-state index is 0.153. The molecule has 1 N–H and O–H groups in total. The van der Waals surface area contributed by atoms with Crippen molar-refractivity contribution >= 4 is 38.9 Å². The fraction of sp³-hybridized carbons (Fsp3) is 0.0952. The van der Waals surface area contributed by atoms with E-state index in [0.29, 0.717) is 17.1 Å². The van der Waals surface area contributed by atoms with Crippen LogP contribution in [0.25, 0.3) is 0 Å². The number of ether oxygens (including phenoxy) is 1. The van der Waals surface area contributed by atoms with Crippen LogP contribution >= 0.6 is 11.6 Å². The zero-order chi connectivity index (χ0) is 21.0. The van der Waals surface area contributed by atoms with Gasteiger partial charge in [0.1, 0.15) is 5.75 Å². The number of nitrogens with zero attached hydrogens (tertiary/aromatic N) is 1. The smallest absolute Gasteiger partial charge is 0.264 e. The molecule has 0 saturated heterocycles. The molecule has 0 aromatic heterocycles. The van der Waals surface area contributed by atoms with Crippen molar-refractivity contribution in [2.24, 2.45) is 0 Å². The lowest BCUT2D eigenvalue weighted by molar-refractivity contribution is 0.102. The molecule has 0 bridgehead atoms. The van der Waals surface area contributed by atoms with E-state index < -0.39 is 15.9 Å². The molecule has 0 saturated carbocycles. The standard InChI is InChI=1S/C21H19ClN2O4S/c1-24(29(26,27)18-9-4-3-5-10-18)16-11-12-20(22)19(14-16)21(25)23-15-7-6-8-17(13-15)28-2/h3-14H,1-2H3,(H,23,25). The summed E-state index contributed by atoms with van der Waals surface area (Å²) in [6.07, 6.45) is 0. The van der Waals surface area contributed by atoms with Gasteiger partial charge in [-0.05, 0) is 42.5 Å². The van der Waals surface area contributed by atoms with Crippen molar-refractivity contribution in [2.45, 2.75) is 4.90 Å². The van der Waals surface area contributed by atoms with Crippen LogP contribution in [0.4, 0.5) is 11.4 Å². The molecule has 29 heavy (non-hydrogen) atoms. The summed E-state index contributed by atoms with van der Waals surface area (Å²) in [5.74, 6) is 0.131. The number of sulfonamides is 1. The lowest BCUT2D eigenvalue weighted by atomic mass is 10.1. The Hall–Kier alpha value is -3.03. The van der Waals surface area contributed by atoms with E-state index in [0.717, 1.165) is 4.31 Å². The minimum atomic E-state index is -3.77. The fourth-order valence-electron chi connectivity index (χ4n) is 2.67. The summed E-state index contributed by atoms with van der Waals surface area (Å²) in [4.78, 5) is 12.9. The predicted molar refractivity (Wildman–Crippen MR) is 114 cm³/mol. The zero-order valence-electron chi connectivity index (χ0n) is 15.8. The second kappa shape index (κ2) is 8.55. The van der Waals surface area contributed by atoms with Crippen LogP contribution in [0.1, 0.15) is 10.4 Å². The van der Waals surface area contributed by atoms with Gasteiger partial charge in [-0.3, -0.25) is 9.10 Å². The SMILES string of the molecule is COc1cccc(NC(=O)c2cc(N(C)S(=O)(=O)c3ccccc3)ccc2Cl)c1. The predicted octanol–water partition coefficient (Wildman–Crippen LogP) is 4.43. The first-order valence-corrected chi connectivity index (χ1v) is 10.4. The number of anilines is 2. The molecule has 0 heterocycles. The number of benzene rings is 3. The van der Waals surface area contributed by atoms with Crippen molar-refractivity contribution in [2.75, 3.05) is 23.8 Å².